The Morgan fingerprint density at radius 2 is 2.15 bits per heavy atom. The summed E-state index contributed by atoms with van der Waals surface area (Å²) < 4.78 is 14.2. The van der Waals surface area contributed by atoms with Crippen LogP contribution in [0.4, 0.5) is 10.2 Å². The number of aromatic nitrogens is 2. The first-order chi connectivity index (χ1) is 12.6. The number of H-pyrrole nitrogens is 1. The summed E-state index contributed by atoms with van der Waals surface area (Å²) in [6.45, 7) is 1.62. The van der Waals surface area contributed by atoms with Crippen molar-refractivity contribution in [2.45, 2.75) is 12.8 Å². The first-order valence-corrected chi connectivity index (χ1v) is 8.95. The molecule has 27 heavy (non-hydrogen) atoms. The molecule has 5 nitrogen and oxygen atoms in total. The highest BCUT2D eigenvalue weighted by molar-refractivity contribution is 6.33. The van der Waals surface area contributed by atoms with Crippen LogP contribution >= 0.6 is 24.0 Å². The number of carbonyl (C=O) groups excluding carboxylic acids is 1. The number of nitrogens with zero attached hydrogens (tertiary/aromatic N) is 1. The molecule has 1 aliphatic heterocycles. The Balaban J connectivity index is 0.00000210. The smallest absolute Gasteiger partial charge is 0.229 e. The summed E-state index contributed by atoms with van der Waals surface area (Å²) in [5.41, 5.74) is 1.74. The van der Waals surface area contributed by atoms with Gasteiger partial charge in [-0.1, -0.05) is 23.7 Å². The highest BCUT2D eigenvalue weighted by Crippen LogP contribution is 2.33. The van der Waals surface area contributed by atoms with Crippen molar-refractivity contribution in [1.82, 2.24) is 15.5 Å². The van der Waals surface area contributed by atoms with Crippen LogP contribution in [0.1, 0.15) is 12.8 Å². The number of piperidine rings is 1. The molecule has 0 radical (unpaired) electrons. The fourth-order valence-corrected chi connectivity index (χ4v) is 3.60. The maximum absolute atomic E-state index is 14.2. The third-order valence-corrected chi connectivity index (χ3v) is 5.04. The summed E-state index contributed by atoms with van der Waals surface area (Å²) in [6, 6.07) is 9.97. The highest BCUT2D eigenvalue weighted by atomic mass is 35.5. The van der Waals surface area contributed by atoms with Crippen LogP contribution in [0.25, 0.3) is 22.0 Å². The molecule has 3 N–H and O–H groups in total. The van der Waals surface area contributed by atoms with Gasteiger partial charge in [0.25, 0.3) is 0 Å². The van der Waals surface area contributed by atoms with Gasteiger partial charge in [0.05, 0.1) is 16.5 Å². The summed E-state index contributed by atoms with van der Waals surface area (Å²) in [4.78, 5) is 12.5. The Hall–Kier alpha value is -2.15. The molecule has 0 spiro atoms. The lowest BCUT2D eigenvalue weighted by molar-refractivity contribution is -0.120. The minimum atomic E-state index is -0.390. The number of fused-ring (bicyclic) bond motifs is 1. The summed E-state index contributed by atoms with van der Waals surface area (Å²) >= 11 is 6.17. The van der Waals surface area contributed by atoms with Gasteiger partial charge in [-0.15, -0.1) is 12.4 Å². The summed E-state index contributed by atoms with van der Waals surface area (Å²) in [7, 11) is 0. The molecular formula is C19H19Cl2FN4O. The third-order valence-electron chi connectivity index (χ3n) is 4.72. The van der Waals surface area contributed by atoms with E-state index in [4.69, 9.17) is 11.6 Å². The standard InChI is InChI=1S/C19H18ClFN4O.ClH/c20-14-4-1-5-15(21)17(14)11-6-7-16-13(9-11)18(25-24-16)23-19(26)12-3-2-8-22-10-12;/h1,4-7,9,12,22H,2-3,8,10H2,(H2,23,24,25,26);1H/t12-;/m0./s1. The fraction of sp³-hybridized carbons (Fsp3) is 0.263. The van der Waals surface area contributed by atoms with Crippen LogP contribution < -0.4 is 10.6 Å². The van der Waals surface area contributed by atoms with E-state index in [9.17, 15) is 9.18 Å². The van der Waals surface area contributed by atoms with Crippen LogP contribution in [0.3, 0.4) is 0 Å². The molecule has 0 aliphatic carbocycles. The van der Waals surface area contributed by atoms with Crippen molar-refractivity contribution >= 4 is 46.6 Å². The molecule has 0 saturated carbocycles. The van der Waals surface area contributed by atoms with Gasteiger partial charge in [-0.2, -0.15) is 5.10 Å². The molecule has 1 amide bonds. The average Bonchev–Trinajstić information content (AvgIpc) is 3.04. The number of halogens is 3. The summed E-state index contributed by atoms with van der Waals surface area (Å²) in [6.07, 6.45) is 1.84. The number of hydrogen-bond donors (Lipinski definition) is 3. The topological polar surface area (TPSA) is 69.8 Å². The minimum Gasteiger partial charge on any atom is -0.316 e. The van der Waals surface area contributed by atoms with Gasteiger partial charge in [0.1, 0.15) is 5.82 Å². The molecule has 3 aromatic rings. The lowest BCUT2D eigenvalue weighted by atomic mass is 9.99. The first kappa shape index (κ1) is 19.6. The van der Waals surface area contributed by atoms with Crippen molar-refractivity contribution in [3.63, 3.8) is 0 Å². The first-order valence-electron chi connectivity index (χ1n) is 8.57. The number of hydrogen-bond acceptors (Lipinski definition) is 3. The largest absolute Gasteiger partial charge is 0.316 e. The van der Waals surface area contributed by atoms with Crippen LogP contribution in [-0.2, 0) is 4.79 Å². The molecule has 142 valence electrons. The van der Waals surface area contributed by atoms with Crippen LogP contribution in [0, 0.1) is 11.7 Å². The molecule has 0 unspecified atom stereocenters. The van der Waals surface area contributed by atoms with Crippen LogP contribution in [-0.4, -0.2) is 29.2 Å². The zero-order chi connectivity index (χ0) is 18.1. The van der Waals surface area contributed by atoms with Gasteiger partial charge in [-0.05, 0) is 49.2 Å². The molecule has 4 rings (SSSR count). The Bertz CT molecular complexity index is 949. The van der Waals surface area contributed by atoms with Crippen molar-refractivity contribution in [1.29, 1.82) is 0 Å². The van der Waals surface area contributed by atoms with Gasteiger partial charge >= 0.3 is 0 Å². The fourth-order valence-electron chi connectivity index (χ4n) is 3.33. The SMILES string of the molecule is Cl.O=C(Nc1n[nH]c2ccc(-c3c(F)cccc3Cl)cc12)[C@H]1CCCNC1. The Labute approximate surface area is 167 Å². The number of rotatable bonds is 3. The van der Waals surface area contributed by atoms with Crippen molar-refractivity contribution in [3.05, 3.63) is 47.2 Å². The molecule has 1 atom stereocenters. The number of anilines is 1. The van der Waals surface area contributed by atoms with E-state index in [-0.39, 0.29) is 30.0 Å². The summed E-state index contributed by atoms with van der Waals surface area (Å²) in [5.74, 6) is -0.0660. The lowest BCUT2D eigenvalue weighted by Crippen LogP contribution is -2.37. The average molecular weight is 409 g/mol. The van der Waals surface area contributed by atoms with E-state index in [2.05, 4.69) is 20.8 Å². The zero-order valence-corrected chi connectivity index (χ0v) is 16.0. The maximum Gasteiger partial charge on any atom is 0.229 e. The van der Waals surface area contributed by atoms with E-state index >= 15 is 0 Å². The van der Waals surface area contributed by atoms with Crippen molar-refractivity contribution in [2.75, 3.05) is 18.4 Å². The monoisotopic (exact) mass is 408 g/mol. The molecule has 1 saturated heterocycles. The van der Waals surface area contributed by atoms with Crippen molar-refractivity contribution in [3.8, 4) is 11.1 Å². The van der Waals surface area contributed by atoms with Gasteiger partial charge in [-0.3, -0.25) is 9.89 Å². The maximum atomic E-state index is 14.2. The number of aromatic amines is 1. The molecule has 1 fully saturated rings. The Morgan fingerprint density at radius 1 is 1.30 bits per heavy atom. The van der Waals surface area contributed by atoms with Gasteiger partial charge in [0.15, 0.2) is 5.82 Å². The second kappa shape index (κ2) is 8.25. The van der Waals surface area contributed by atoms with Crippen molar-refractivity contribution < 1.29 is 9.18 Å². The number of nitrogens with one attached hydrogen (secondary N) is 3. The Kier molecular flexibility index (Phi) is 5.99. The van der Waals surface area contributed by atoms with Gasteiger partial charge in [0, 0.05) is 17.5 Å². The molecule has 1 aliphatic rings. The quantitative estimate of drug-likeness (QED) is 0.601. The predicted molar refractivity (Wildman–Crippen MR) is 108 cm³/mol. The van der Waals surface area contributed by atoms with E-state index in [0.29, 0.717) is 28.5 Å². The third kappa shape index (κ3) is 3.93. The molecule has 1 aromatic heterocycles. The normalized spacial score (nSPS) is 16.7. The second-order valence-electron chi connectivity index (χ2n) is 6.46. The molecular weight excluding hydrogens is 390 g/mol. The zero-order valence-electron chi connectivity index (χ0n) is 14.4. The van der Waals surface area contributed by atoms with Crippen LogP contribution in [0.5, 0.6) is 0 Å². The molecule has 2 heterocycles. The number of amides is 1. The van der Waals surface area contributed by atoms with E-state index in [1.54, 1.807) is 30.3 Å². The summed E-state index contributed by atoms with van der Waals surface area (Å²) in [5, 5.41) is 14.3. The van der Waals surface area contributed by atoms with Gasteiger partial charge in [0.2, 0.25) is 5.91 Å². The number of benzene rings is 2. The van der Waals surface area contributed by atoms with E-state index in [1.807, 2.05) is 0 Å². The highest BCUT2D eigenvalue weighted by Gasteiger charge is 2.22. The number of carbonyl (C=O) groups is 1. The van der Waals surface area contributed by atoms with Crippen molar-refractivity contribution in [2.24, 2.45) is 5.92 Å². The minimum absolute atomic E-state index is 0. The van der Waals surface area contributed by atoms with Crippen LogP contribution in [0.15, 0.2) is 36.4 Å². The predicted octanol–water partition coefficient (Wildman–Crippen LogP) is 4.38. The van der Waals surface area contributed by atoms with E-state index < -0.39 is 0 Å². The molecule has 2 aromatic carbocycles. The molecule has 0 bridgehead atoms. The van der Waals surface area contributed by atoms with E-state index in [0.717, 1.165) is 30.3 Å². The van der Waals surface area contributed by atoms with Crippen LogP contribution in [0.2, 0.25) is 5.02 Å². The van der Waals surface area contributed by atoms with Gasteiger partial charge in [-0.25, -0.2) is 4.39 Å². The lowest BCUT2D eigenvalue weighted by Gasteiger charge is -2.21. The van der Waals surface area contributed by atoms with Gasteiger partial charge < -0.3 is 10.6 Å². The second-order valence-corrected chi connectivity index (χ2v) is 6.87. The molecule has 8 heteroatoms. The van der Waals surface area contributed by atoms with E-state index in [1.165, 1.54) is 6.07 Å². The Morgan fingerprint density at radius 3 is 2.89 bits per heavy atom.